The van der Waals surface area contributed by atoms with Crippen LogP contribution in [0.5, 0.6) is 11.5 Å². The SMILES string of the molecule is CCc1ccc(N2C(=O)C3CC=C4C(CC5(Cl)C(=O)N(CBr)C(=O)C5(Cl)C4C4=COc5ccc(O)cc5C4)C3C2=O)cc1. The molecule has 3 heterocycles. The summed E-state index contributed by atoms with van der Waals surface area (Å²) in [6.07, 6.45) is 4.72. The molecule has 2 saturated heterocycles. The Kier molecular flexibility index (Phi) is 6.62. The molecule has 3 fully saturated rings. The first-order valence-corrected chi connectivity index (χ1v) is 16.1. The van der Waals surface area contributed by atoms with E-state index in [0.717, 1.165) is 16.9 Å². The summed E-state index contributed by atoms with van der Waals surface area (Å²) >= 11 is 17.8. The van der Waals surface area contributed by atoms with Gasteiger partial charge in [-0.2, -0.15) is 0 Å². The number of phenols is 1. The lowest BCUT2D eigenvalue weighted by molar-refractivity contribution is -0.138. The van der Waals surface area contributed by atoms with E-state index >= 15 is 0 Å². The molecule has 2 aromatic rings. The topological polar surface area (TPSA) is 104 Å². The zero-order chi connectivity index (χ0) is 30.4. The van der Waals surface area contributed by atoms with Crippen LogP contribution in [-0.2, 0) is 32.0 Å². The number of benzene rings is 2. The molecule has 3 aliphatic heterocycles. The molecule has 222 valence electrons. The zero-order valence-corrected chi connectivity index (χ0v) is 26.2. The first-order valence-electron chi connectivity index (χ1n) is 14.2. The zero-order valence-electron chi connectivity index (χ0n) is 23.1. The number of ether oxygens (including phenoxy) is 1. The maximum absolute atomic E-state index is 14.2. The molecule has 7 rings (SSSR count). The molecule has 4 amide bonds. The van der Waals surface area contributed by atoms with Crippen LogP contribution in [0.3, 0.4) is 0 Å². The van der Waals surface area contributed by atoms with E-state index in [1.165, 1.54) is 17.2 Å². The summed E-state index contributed by atoms with van der Waals surface area (Å²) in [5.41, 5.74) is 3.46. The summed E-state index contributed by atoms with van der Waals surface area (Å²) in [5, 5.41) is 10.1. The average molecular weight is 686 g/mol. The Balaban J connectivity index is 1.35. The first-order chi connectivity index (χ1) is 20.5. The Hall–Kier alpha value is -3.14. The van der Waals surface area contributed by atoms with Gasteiger partial charge in [0.25, 0.3) is 11.8 Å². The minimum Gasteiger partial charge on any atom is -0.508 e. The molecule has 6 unspecified atom stereocenters. The first kappa shape index (κ1) is 28.6. The summed E-state index contributed by atoms with van der Waals surface area (Å²) in [5.74, 6) is -4.26. The van der Waals surface area contributed by atoms with Gasteiger partial charge in [0.2, 0.25) is 11.8 Å². The van der Waals surface area contributed by atoms with E-state index in [4.69, 9.17) is 27.9 Å². The fraction of sp³-hybridized carbons (Fsp3) is 0.375. The van der Waals surface area contributed by atoms with Crippen LogP contribution in [0.4, 0.5) is 5.69 Å². The highest BCUT2D eigenvalue weighted by molar-refractivity contribution is 9.09. The Labute approximate surface area is 266 Å². The maximum Gasteiger partial charge on any atom is 0.254 e. The third-order valence-electron chi connectivity index (χ3n) is 9.76. The number of aryl methyl sites for hydroxylation is 1. The number of carbonyl (C=O) groups excluding carboxylic acids is 4. The van der Waals surface area contributed by atoms with Gasteiger partial charge in [0.05, 0.1) is 29.2 Å². The second kappa shape index (κ2) is 9.94. The van der Waals surface area contributed by atoms with E-state index in [0.29, 0.717) is 28.1 Å². The number of anilines is 1. The predicted molar refractivity (Wildman–Crippen MR) is 163 cm³/mol. The number of amides is 4. The molecule has 11 heteroatoms. The highest BCUT2D eigenvalue weighted by Gasteiger charge is 2.76. The number of fused-ring (bicyclic) bond motifs is 5. The number of nitrogens with zero attached hydrogens (tertiary/aromatic N) is 2. The fourth-order valence-corrected chi connectivity index (χ4v) is 9.14. The van der Waals surface area contributed by atoms with Crippen LogP contribution in [0, 0.1) is 23.7 Å². The third kappa shape index (κ3) is 3.80. The molecule has 0 bridgehead atoms. The molecule has 0 spiro atoms. The van der Waals surface area contributed by atoms with E-state index in [1.54, 1.807) is 24.3 Å². The predicted octanol–water partition coefficient (Wildman–Crippen LogP) is 5.22. The Morgan fingerprint density at radius 1 is 1.02 bits per heavy atom. The Morgan fingerprint density at radius 2 is 1.77 bits per heavy atom. The summed E-state index contributed by atoms with van der Waals surface area (Å²) in [7, 11) is 0. The number of allylic oxidation sites excluding steroid dienone is 3. The number of imide groups is 2. The lowest BCUT2D eigenvalue weighted by Crippen LogP contribution is -2.61. The summed E-state index contributed by atoms with van der Waals surface area (Å²) in [4.78, 5) is 54.2. The third-order valence-corrected chi connectivity index (χ3v) is 11.7. The van der Waals surface area contributed by atoms with Gasteiger partial charge in [-0.1, -0.05) is 46.6 Å². The van der Waals surface area contributed by atoms with Gasteiger partial charge in [-0.25, -0.2) is 0 Å². The number of carbonyl (C=O) groups is 4. The standard InChI is InChI=1S/C32H27BrCl2N2O6/c1-2-16-3-5-19(6-4-16)37-27(39)22-9-8-21-23(25(22)28(37)40)13-31(34)29(41)36(15-33)30(42)32(31,35)26(21)18-11-17-12-20(38)7-10-24(17)43-14-18/h3-8,10,12,14,22-23,25-26,38H,2,9,11,13,15H2,1H3. The average Bonchev–Trinajstić information content (AvgIpc) is 3.34. The number of hydrogen-bond acceptors (Lipinski definition) is 6. The number of phenolic OH excluding ortho intramolecular Hbond substituents is 1. The van der Waals surface area contributed by atoms with E-state index < -0.39 is 45.2 Å². The van der Waals surface area contributed by atoms with Gasteiger partial charge in [0, 0.05) is 17.9 Å². The van der Waals surface area contributed by atoms with Crippen LogP contribution < -0.4 is 9.64 Å². The fourth-order valence-electron chi connectivity index (χ4n) is 7.70. The summed E-state index contributed by atoms with van der Waals surface area (Å²) < 4.78 is 5.93. The molecule has 2 aromatic carbocycles. The quantitative estimate of drug-likeness (QED) is 0.205. The number of hydrogen-bond donors (Lipinski definition) is 1. The van der Waals surface area contributed by atoms with Crippen LogP contribution in [0.2, 0.25) is 0 Å². The van der Waals surface area contributed by atoms with Crippen LogP contribution in [0.1, 0.15) is 30.9 Å². The van der Waals surface area contributed by atoms with Crippen molar-refractivity contribution in [3.05, 3.63) is 77.1 Å². The molecule has 0 radical (unpaired) electrons. The van der Waals surface area contributed by atoms with Crippen molar-refractivity contribution in [2.75, 3.05) is 10.4 Å². The van der Waals surface area contributed by atoms with Gasteiger partial charge in [-0.05, 0) is 66.6 Å². The van der Waals surface area contributed by atoms with E-state index in [-0.39, 0.29) is 42.3 Å². The molecule has 1 saturated carbocycles. The van der Waals surface area contributed by atoms with Crippen molar-refractivity contribution in [3.8, 4) is 11.5 Å². The molecule has 8 nitrogen and oxygen atoms in total. The van der Waals surface area contributed by atoms with Crippen molar-refractivity contribution >= 4 is 68.4 Å². The highest BCUT2D eigenvalue weighted by atomic mass is 79.9. The molecular weight excluding hydrogens is 659 g/mol. The number of aromatic hydroxyl groups is 1. The lowest BCUT2D eigenvalue weighted by Gasteiger charge is -2.51. The van der Waals surface area contributed by atoms with E-state index in [9.17, 15) is 24.3 Å². The van der Waals surface area contributed by atoms with Crippen LogP contribution >= 0.6 is 39.1 Å². The molecule has 0 aromatic heterocycles. The van der Waals surface area contributed by atoms with Crippen LogP contribution in [-0.4, -0.2) is 48.8 Å². The second-order valence-corrected chi connectivity index (χ2v) is 13.5. The van der Waals surface area contributed by atoms with E-state index in [1.807, 2.05) is 25.1 Å². The number of alkyl halides is 3. The highest BCUT2D eigenvalue weighted by Crippen LogP contribution is 2.65. The van der Waals surface area contributed by atoms with Crippen LogP contribution in [0.25, 0.3) is 0 Å². The molecular formula is C32H27BrCl2N2O6. The van der Waals surface area contributed by atoms with Crippen molar-refractivity contribution in [2.24, 2.45) is 23.7 Å². The molecule has 5 aliphatic rings. The minimum absolute atomic E-state index is 0.0526. The molecule has 2 aliphatic carbocycles. The normalized spacial score (nSPS) is 32.9. The molecule has 1 N–H and O–H groups in total. The van der Waals surface area contributed by atoms with Crippen molar-refractivity contribution in [1.82, 2.24) is 4.90 Å². The van der Waals surface area contributed by atoms with Crippen LogP contribution in [0.15, 0.2) is 65.9 Å². The largest absolute Gasteiger partial charge is 0.508 e. The van der Waals surface area contributed by atoms with Gasteiger partial charge in [-0.15, -0.1) is 23.2 Å². The molecule has 43 heavy (non-hydrogen) atoms. The van der Waals surface area contributed by atoms with Gasteiger partial charge in [0.1, 0.15) is 11.5 Å². The number of likely N-dealkylation sites (tertiary alicyclic amines) is 1. The maximum atomic E-state index is 14.2. The summed E-state index contributed by atoms with van der Waals surface area (Å²) in [6.45, 7) is 2.03. The van der Waals surface area contributed by atoms with Crippen molar-refractivity contribution < 1.29 is 29.0 Å². The summed E-state index contributed by atoms with van der Waals surface area (Å²) in [6, 6.07) is 12.1. The minimum atomic E-state index is -1.90. The number of halogens is 3. The van der Waals surface area contributed by atoms with E-state index in [2.05, 4.69) is 15.9 Å². The van der Waals surface area contributed by atoms with Gasteiger partial charge in [0.15, 0.2) is 9.75 Å². The van der Waals surface area contributed by atoms with Crippen molar-refractivity contribution in [3.63, 3.8) is 0 Å². The van der Waals surface area contributed by atoms with Crippen molar-refractivity contribution in [2.45, 2.75) is 42.4 Å². The Bertz CT molecular complexity index is 1670. The van der Waals surface area contributed by atoms with Gasteiger partial charge < -0.3 is 9.84 Å². The second-order valence-electron chi connectivity index (χ2n) is 11.8. The smallest absolute Gasteiger partial charge is 0.254 e. The van der Waals surface area contributed by atoms with Crippen molar-refractivity contribution in [1.29, 1.82) is 0 Å². The van der Waals surface area contributed by atoms with Gasteiger partial charge >= 0.3 is 0 Å². The number of rotatable bonds is 4. The Morgan fingerprint density at radius 3 is 2.47 bits per heavy atom. The molecule has 6 atom stereocenters. The monoisotopic (exact) mass is 684 g/mol. The lowest BCUT2D eigenvalue weighted by atomic mass is 9.56. The van der Waals surface area contributed by atoms with Gasteiger partial charge in [-0.3, -0.25) is 29.0 Å².